The van der Waals surface area contributed by atoms with E-state index in [4.69, 9.17) is 4.74 Å². The van der Waals surface area contributed by atoms with Gasteiger partial charge in [-0.1, -0.05) is 0 Å². The third kappa shape index (κ3) is 2.25. The van der Waals surface area contributed by atoms with Gasteiger partial charge in [0, 0.05) is 19.6 Å². The normalized spacial score (nSPS) is 33.5. The fourth-order valence-electron chi connectivity index (χ4n) is 1.47. The molecule has 2 aliphatic rings. The van der Waals surface area contributed by atoms with Crippen molar-refractivity contribution in [3.63, 3.8) is 0 Å². The first-order chi connectivity index (χ1) is 6.52. The zero-order valence-electron chi connectivity index (χ0n) is 7.90. The lowest BCUT2D eigenvalue weighted by Gasteiger charge is -2.20. The molecule has 6 heteroatoms. The van der Waals surface area contributed by atoms with E-state index in [1.807, 2.05) is 0 Å². The third-order valence-corrected chi connectivity index (χ3v) is 4.54. The Balaban J connectivity index is 1.86. The van der Waals surface area contributed by atoms with E-state index in [0.29, 0.717) is 13.0 Å². The number of ether oxygens (including phenoxy) is 1. The molecule has 0 spiro atoms. The van der Waals surface area contributed by atoms with Crippen LogP contribution in [0.25, 0.3) is 0 Å². The van der Waals surface area contributed by atoms with Gasteiger partial charge in [-0.2, -0.15) is 0 Å². The second-order valence-electron chi connectivity index (χ2n) is 4.09. The van der Waals surface area contributed by atoms with Crippen LogP contribution in [0.2, 0.25) is 0 Å². The summed E-state index contributed by atoms with van der Waals surface area (Å²) in [6, 6.07) is 0. The molecule has 5 nitrogen and oxygen atoms in total. The first-order valence-electron chi connectivity index (χ1n) is 4.80. The Morgan fingerprint density at radius 3 is 2.71 bits per heavy atom. The van der Waals surface area contributed by atoms with E-state index in [0.717, 1.165) is 12.8 Å². The van der Waals surface area contributed by atoms with E-state index in [1.165, 1.54) is 0 Å². The van der Waals surface area contributed by atoms with Crippen molar-refractivity contribution in [1.29, 1.82) is 0 Å². The molecule has 1 aliphatic heterocycles. The number of nitrogens with one attached hydrogen (secondary N) is 1. The molecule has 1 unspecified atom stereocenters. The Labute approximate surface area is 83.5 Å². The van der Waals surface area contributed by atoms with Gasteiger partial charge in [-0.25, -0.2) is 13.1 Å². The lowest BCUT2D eigenvalue weighted by Crippen LogP contribution is -2.44. The van der Waals surface area contributed by atoms with Gasteiger partial charge in [0.25, 0.3) is 0 Å². The van der Waals surface area contributed by atoms with Crippen LogP contribution in [-0.4, -0.2) is 44.1 Å². The maximum Gasteiger partial charge on any atom is 0.214 e. The standard InChI is InChI=1S/C8H15NO4S/c10-8(3-4-13-6-8)5-9-14(11,12)7-1-2-7/h7,9-10H,1-6H2. The SMILES string of the molecule is O=S(=O)(NCC1(O)CCOC1)C1CC1. The van der Waals surface area contributed by atoms with Crippen LogP contribution in [-0.2, 0) is 14.8 Å². The molecule has 0 radical (unpaired) electrons. The quantitative estimate of drug-likeness (QED) is 0.653. The van der Waals surface area contributed by atoms with Gasteiger partial charge in [-0.15, -0.1) is 0 Å². The summed E-state index contributed by atoms with van der Waals surface area (Å²) in [5.41, 5.74) is -0.998. The molecule has 0 aromatic rings. The Morgan fingerprint density at radius 2 is 2.21 bits per heavy atom. The van der Waals surface area contributed by atoms with Crippen LogP contribution in [0.3, 0.4) is 0 Å². The summed E-state index contributed by atoms with van der Waals surface area (Å²) in [7, 11) is -3.18. The largest absolute Gasteiger partial charge is 0.386 e. The van der Waals surface area contributed by atoms with Crippen LogP contribution in [0.5, 0.6) is 0 Å². The highest BCUT2D eigenvalue weighted by Gasteiger charge is 2.39. The van der Waals surface area contributed by atoms with Crippen LogP contribution in [0, 0.1) is 0 Å². The van der Waals surface area contributed by atoms with Gasteiger partial charge in [-0.3, -0.25) is 0 Å². The van der Waals surface area contributed by atoms with Crippen molar-refractivity contribution in [3.8, 4) is 0 Å². The summed E-state index contributed by atoms with van der Waals surface area (Å²) in [5, 5.41) is 9.58. The summed E-state index contributed by atoms with van der Waals surface area (Å²) in [6.45, 7) is 0.799. The minimum Gasteiger partial charge on any atom is -0.386 e. The van der Waals surface area contributed by atoms with Gasteiger partial charge in [0.15, 0.2) is 0 Å². The fraction of sp³-hybridized carbons (Fsp3) is 1.00. The molecule has 2 rings (SSSR count). The molecule has 2 fully saturated rings. The Hall–Kier alpha value is -0.170. The van der Waals surface area contributed by atoms with Crippen LogP contribution in [0.4, 0.5) is 0 Å². The molecule has 1 saturated carbocycles. The summed E-state index contributed by atoms with van der Waals surface area (Å²) in [5.74, 6) is 0. The molecular weight excluding hydrogens is 206 g/mol. The van der Waals surface area contributed by atoms with Crippen molar-refractivity contribution in [1.82, 2.24) is 4.72 Å². The summed E-state index contributed by atoms with van der Waals surface area (Å²) in [6.07, 6.45) is 1.98. The molecule has 0 aromatic heterocycles. The van der Waals surface area contributed by atoms with E-state index in [1.54, 1.807) is 0 Å². The Morgan fingerprint density at radius 1 is 1.50 bits per heavy atom. The summed E-state index contributed by atoms with van der Waals surface area (Å²) in [4.78, 5) is 0. The minimum absolute atomic E-state index is 0.0752. The number of hydrogen-bond donors (Lipinski definition) is 2. The molecule has 14 heavy (non-hydrogen) atoms. The van der Waals surface area contributed by atoms with E-state index < -0.39 is 15.6 Å². The highest BCUT2D eigenvalue weighted by atomic mass is 32.2. The average molecular weight is 221 g/mol. The van der Waals surface area contributed by atoms with Crippen molar-refractivity contribution < 1.29 is 18.3 Å². The van der Waals surface area contributed by atoms with E-state index in [2.05, 4.69) is 4.72 Å². The Kier molecular flexibility index (Phi) is 2.55. The molecule has 1 saturated heterocycles. The van der Waals surface area contributed by atoms with E-state index >= 15 is 0 Å². The minimum atomic E-state index is -3.18. The zero-order valence-corrected chi connectivity index (χ0v) is 8.72. The van der Waals surface area contributed by atoms with Crippen LogP contribution < -0.4 is 4.72 Å². The molecule has 82 valence electrons. The topological polar surface area (TPSA) is 75.6 Å². The first kappa shape index (κ1) is 10.4. The van der Waals surface area contributed by atoms with Gasteiger partial charge >= 0.3 is 0 Å². The molecular formula is C8H15NO4S. The van der Waals surface area contributed by atoms with Crippen molar-refractivity contribution in [2.24, 2.45) is 0 Å². The second-order valence-corrected chi connectivity index (χ2v) is 6.14. The molecule has 1 atom stereocenters. The maximum absolute atomic E-state index is 11.4. The third-order valence-electron chi connectivity index (χ3n) is 2.65. The fourth-order valence-corrected chi connectivity index (χ4v) is 2.93. The number of rotatable bonds is 4. The lowest BCUT2D eigenvalue weighted by atomic mass is 10.1. The van der Waals surface area contributed by atoms with Crippen molar-refractivity contribution in [2.75, 3.05) is 19.8 Å². The second kappa shape index (κ2) is 3.44. The first-order valence-corrected chi connectivity index (χ1v) is 6.35. The van der Waals surface area contributed by atoms with Gasteiger partial charge in [0.2, 0.25) is 10.0 Å². The van der Waals surface area contributed by atoms with E-state index in [-0.39, 0.29) is 18.4 Å². The van der Waals surface area contributed by atoms with Crippen LogP contribution in [0.1, 0.15) is 19.3 Å². The van der Waals surface area contributed by atoms with Gasteiger partial charge in [-0.05, 0) is 12.8 Å². The predicted molar refractivity (Wildman–Crippen MR) is 50.3 cm³/mol. The molecule has 1 aliphatic carbocycles. The summed E-state index contributed by atoms with van der Waals surface area (Å²) >= 11 is 0. The number of aliphatic hydroxyl groups is 1. The number of hydrogen-bond acceptors (Lipinski definition) is 4. The van der Waals surface area contributed by atoms with Crippen molar-refractivity contribution in [3.05, 3.63) is 0 Å². The average Bonchev–Trinajstić information content (AvgIpc) is 2.89. The molecule has 2 N–H and O–H groups in total. The van der Waals surface area contributed by atoms with Gasteiger partial charge < -0.3 is 9.84 Å². The molecule has 0 bridgehead atoms. The van der Waals surface area contributed by atoms with Crippen LogP contribution in [0.15, 0.2) is 0 Å². The van der Waals surface area contributed by atoms with Crippen LogP contribution >= 0.6 is 0 Å². The zero-order chi connectivity index (χ0) is 10.2. The Bertz CT molecular complexity index is 303. The molecule has 0 aromatic carbocycles. The van der Waals surface area contributed by atoms with E-state index in [9.17, 15) is 13.5 Å². The monoisotopic (exact) mass is 221 g/mol. The summed E-state index contributed by atoms with van der Waals surface area (Å²) < 4.78 is 30.3. The van der Waals surface area contributed by atoms with Gasteiger partial charge in [0.1, 0.15) is 5.60 Å². The highest BCUT2D eigenvalue weighted by Crippen LogP contribution is 2.28. The predicted octanol–water partition coefficient (Wildman–Crippen LogP) is -0.780. The highest BCUT2D eigenvalue weighted by molar-refractivity contribution is 7.90. The van der Waals surface area contributed by atoms with Crippen molar-refractivity contribution >= 4 is 10.0 Å². The maximum atomic E-state index is 11.4. The number of sulfonamides is 1. The molecule has 0 amide bonds. The lowest BCUT2D eigenvalue weighted by molar-refractivity contribution is 0.0314. The van der Waals surface area contributed by atoms with Crippen molar-refractivity contribution in [2.45, 2.75) is 30.1 Å². The van der Waals surface area contributed by atoms with Gasteiger partial charge in [0.05, 0.1) is 11.9 Å². The smallest absolute Gasteiger partial charge is 0.214 e. The molecule has 1 heterocycles.